The van der Waals surface area contributed by atoms with Gasteiger partial charge in [-0.15, -0.1) is 24.0 Å². The Morgan fingerprint density at radius 1 is 1.27 bits per heavy atom. The van der Waals surface area contributed by atoms with Crippen molar-refractivity contribution in [2.45, 2.75) is 31.8 Å². The molecule has 0 bridgehead atoms. The third kappa shape index (κ3) is 8.55. The number of nitrogens with one attached hydrogen (secondary N) is 2. The minimum Gasteiger partial charge on any atom is -0.496 e. The van der Waals surface area contributed by atoms with E-state index in [2.05, 4.69) is 21.7 Å². The predicted octanol–water partition coefficient (Wildman–Crippen LogP) is 2.61. The molecule has 2 rings (SSSR count). The van der Waals surface area contributed by atoms with Crippen molar-refractivity contribution in [3.8, 4) is 5.75 Å². The lowest BCUT2D eigenvalue weighted by Gasteiger charge is -2.13. The summed E-state index contributed by atoms with van der Waals surface area (Å²) in [4.78, 5) is 4.24. The van der Waals surface area contributed by atoms with Crippen LogP contribution in [0, 0.1) is 0 Å². The lowest BCUT2D eigenvalue weighted by molar-refractivity contribution is 0.0168. The lowest BCUT2D eigenvalue weighted by Crippen LogP contribution is -2.39. The van der Waals surface area contributed by atoms with E-state index in [1.54, 1.807) is 14.2 Å². The molecule has 1 atom stereocenters. The Labute approximate surface area is 174 Å². The average Bonchev–Trinajstić information content (AvgIpc) is 3.16. The van der Waals surface area contributed by atoms with E-state index in [1.165, 1.54) is 5.56 Å². The number of nitrogens with zero attached hydrogens (tertiary/aromatic N) is 1. The Hall–Kier alpha value is -1.06. The molecule has 1 unspecified atom stereocenters. The highest BCUT2D eigenvalue weighted by atomic mass is 127. The molecule has 1 saturated heterocycles. The normalized spacial score (nSPS) is 16.8. The predicted molar refractivity (Wildman–Crippen MR) is 116 cm³/mol. The summed E-state index contributed by atoms with van der Waals surface area (Å²) in [5.41, 5.74) is 1.19. The van der Waals surface area contributed by atoms with Crippen molar-refractivity contribution in [2.24, 2.45) is 4.99 Å². The molecule has 1 aliphatic rings. The van der Waals surface area contributed by atoms with E-state index in [-0.39, 0.29) is 24.0 Å². The minimum absolute atomic E-state index is 0. The number of hydrogen-bond acceptors (Lipinski definition) is 4. The Morgan fingerprint density at radius 3 is 2.81 bits per heavy atom. The van der Waals surface area contributed by atoms with Gasteiger partial charge in [-0.1, -0.05) is 18.2 Å². The number of benzene rings is 1. The van der Waals surface area contributed by atoms with Crippen molar-refractivity contribution in [1.29, 1.82) is 0 Å². The second-order valence-electron chi connectivity index (χ2n) is 6.05. The van der Waals surface area contributed by atoms with E-state index in [9.17, 15) is 0 Å². The molecular weight excluding hydrogens is 445 g/mol. The second-order valence-corrected chi connectivity index (χ2v) is 6.05. The standard InChI is InChI=1S/C19H31N3O3.HI/c1-20-19(21-11-6-13-24-15-17-8-5-14-25-17)22-12-10-16-7-3-4-9-18(16)23-2;/h3-4,7,9,17H,5-6,8,10-15H2,1-2H3,(H2,20,21,22);1H. The lowest BCUT2D eigenvalue weighted by atomic mass is 10.1. The van der Waals surface area contributed by atoms with Gasteiger partial charge in [0.25, 0.3) is 0 Å². The number of para-hydroxylation sites is 1. The topological polar surface area (TPSA) is 64.1 Å². The molecule has 148 valence electrons. The van der Waals surface area contributed by atoms with Gasteiger partial charge in [0.2, 0.25) is 0 Å². The third-order valence-corrected chi connectivity index (χ3v) is 4.19. The van der Waals surface area contributed by atoms with Crippen LogP contribution in [0.4, 0.5) is 0 Å². The van der Waals surface area contributed by atoms with E-state index in [0.717, 1.165) is 63.7 Å². The zero-order chi connectivity index (χ0) is 17.7. The van der Waals surface area contributed by atoms with Crippen LogP contribution in [0.2, 0.25) is 0 Å². The Kier molecular flexibility index (Phi) is 12.4. The maximum atomic E-state index is 5.66. The van der Waals surface area contributed by atoms with Crippen LogP contribution in [0.3, 0.4) is 0 Å². The van der Waals surface area contributed by atoms with Gasteiger partial charge < -0.3 is 24.8 Å². The smallest absolute Gasteiger partial charge is 0.190 e. The van der Waals surface area contributed by atoms with Crippen molar-refractivity contribution in [3.05, 3.63) is 29.8 Å². The minimum atomic E-state index is 0. The number of halogens is 1. The number of rotatable bonds is 10. The Bertz CT molecular complexity index is 523. The molecule has 0 aliphatic carbocycles. The monoisotopic (exact) mass is 477 g/mol. The fourth-order valence-corrected chi connectivity index (χ4v) is 2.82. The van der Waals surface area contributed by atoms with E-state index >= 15 is 0 Å². The molecule has 1 aromatic carbocycles. The second kappa shape index (κ2) is 14.1. The summed E-state index contributed by atoms with van der Waals surface area (Å²) in [6.07, 6.45) is 4.42. The fourth-order valence-electron chi connectivity index (χ4n) is 2.82. The van der Waals surface area contributed by atoms with Crippen LogP contribution >= 0.6 is 24.0 Å². The van der Waals surface area contributed by atoms with E-state index < -0.39 is 0 Å². The number of guanidine groups is 1. The molecule has 0 radical (unpaired) electrons. The van der Waals surface area contributed by atoms with Crippen molar-refractivity contribution in [1.82, 2.24) is 10.6 Å². The van der Waals surface area contributed by atoms with Crippen LogP contribution in [0.5, 0.6) is 5.75 Å². The van der Waals surface area contributed by atoms with Crippen molar-refractivity contribution < 1.29 is 14.2 Å². The highest BCUT2D eigenvalue weighted by Crippen LogP contribution is 2.17. The summed E-state index contributed by atoms with van der Waals surface area (Å²) < 4.78 is 16.6. The molecule has 0 aromatic heterocycles. The number of ether oxygens (including phenoxy) is 3. The van der Waals surface area contributed by atoms with E-state index in [4.69, 9.17) is 14.2 Å². The van der Waals surface area contributed by atoms with Gasteiger partial charge in [-0.05, 0) is 37.3 Å². The first-order chi connectivity index (χ1) is 12.3. The molecule has 7 heteroatoms. The van der Waals surface area contributed by atoms with Crippen LogP contribution in [0.1, 0.15) is 24.8 Å². The van der Waals surface area contributed by atoms with Gasteiger partial charge in [-0.25, -0.2) is 0 Å². The highest BCUT2D eigenvalue weighted by molar-refractivity contribution is 14.0. The van der Waals surface area contributed by atoms with Gasteiger partial charge in [-0.2, -0.15) is 0 Å². The molecule has 2 N–H and O–H groups in total. The van der Waals surface area contributed by atoms with Gasteiger partial charge in [0.15, 0.2) is 5.96 Å². The van der Waals surface area contributed by atoms with Crippen LogP contribution in [-0.2, 0) is 15.9 Å². The van der Waals surface area contributed by atoms with Crippen LogP contribution in [0.15, 0.2) is 29.3 Å². The van der Waals surface area contributed by atoms with Crippen LogP contribution in [0.25, 0.3) is 0 Å². The first-order valence-electron chi connectivity index (χ1n) is 9.09. The zero-order valence-electron chi connectivity index (χ0n) is 15.8. The van der Waals surface area contributed by atoms with Gasteiger partial charge in [0.1, 0.15) is 5.75 Å². The number of aliphatic imine (C=N–C) groups is 1. The zero-order valence-corrected chi connectivity index (χ0v) is 18.2. The van der Waals surface area contributed by atoms with Crippen LogP contribution in [-0.4, -0.2) is 59.1 Å². The highest BCUT2D eigenvalue weighted by Gasteiger charge is 2.14. The van der Waals surface area contributed by atoms with Gasteiger partial charge in [0.05, 0.1) is 19.8 Å². The summed E-state index contributed by atoms with van der Waals surface area (Å²) in [6.45, 7) is 3.97. The molecule has 1 fully saturated rings. The largest absolute Gasteiger partial charge is 0.496 e. The SMILES string of the molecule is CN=C(NCCCOCC1CCCO1)NCCc1ccccc1OC.I. The van der Waals surface area contributed by atoms with Crippen molar-refractivity contribution in [3.63, 3.8) is 0 Å². The third-order valence-electron chi connectivity index (χ3n) is 4.19. The molecule has 1 aromatic rings. The summed E-state index contributed by atoms with van der Waals surface area (Å²) in [6, 6.07) is 8.08. The van der Waals surface area contributed by atoms with Gasteiger partial charge >= 0.3 is 0 Å². The summed E-state index contributed by atoms with van der Waals surface area (Å²) >= 11 is 0. The van der Waals surface area contributed by atoms with Crippen molar-refractivity contribution in [2.75, 3.05) is 47.1 Å². The van der Waals surface area contributed by atoms with Gasteiger partial charge in [0, 0.05) is 33.4 Å². The first kappa shape index (κ1) is 23.0. The summed E-state index contributed by atoms with van der Waals surface area (Å²) in [5.74, 6) is 1.74. The molecule has 26 heavy (non-hydrogen) atoms. The van der Waals surface area contributed by atoms with E-state index in [0.29, 0.717) is 12.7 Å². The number of hydrogen-bond donors (Lipinski definition) is 2. The molecule has 0 saturated carbocycles. The van der Waals surface area contributed by atoms with Crippen LogP contribution < -0.4 is 15.4 Å². The Morgan fingerprint density at radius 2 is 2.08 bits per heavy atom. The molecule has 6 nitrogen and oxygen atoms in total. The molecule has 0 spiro atoms. The fraction of sp³-hybridized carbons (Fsp3) is 0.632. The molecular formula is C19H32IN3O3. The average molecular weight is 477 g/mol. The van der Waals surface area contributed by atoms with Gasteiger partial charge in [-0.3, -0.25) is 4.99 Å². The quantitative estimate of drug-likeness (QED) is 0.235. The first-order valence-corrected chi connectivity index (χ1v) is 9.09. The molecule has 0 amide bonds. The van der Waals surface area contributed by atoms with Crippen molar-refractivity contribution >= 4 is 29.9 Å². The number of methoxy groups -OCH3 is 1. The maximum absolute atomic E-state index is 5.66. The Balaban J connectivity index is 0.00000338. The maximum Gasteiger partial charge on any atom is 0.190 e. The summed E-state index contributed by atoms with van der Waals surface area (Å²) in [7, 11) is 3.49. The molecule has 1 heterocycles. The van der Waals surface area contributed by atoms with E-state index in [1.807, 2.05) is 18.2 Å². The summed E-state index contributed by atoms with van der Waals surface area (Å²) in [5, 5.41) is 6.64. The molecule has 1 aliphatic heterocycles.